The molecule has 0 aliphatic carbocycles. The van der Waals surface area contributed by atoms with Gasteiger partial charge in [0, 0.05) is 0 Å². The Balaban J connectivity index is -0.0000000505. The highest BCUT2D eigenvalue weighted by Gasteiger charge is 1.95. The van der Waals surface area contributed by atoms with Crippen LogP contribution in [0.15, 0.2) is 12.2 Å². The van der Waals surface area contributed by atoms with E-state index in [0.717, 1.165) is 0 Å². The van der Waals surface area contributed by atoms with Crippen LogP contribution < -0.4 is 0 Å². The molecule has 0 heteroatoms. The lowest BCUT2D eigenvalue weighted by Crippen LogP contribution is -1.93. The maximum absolute atomic E-state index is 3.56. The van der Waals surface area contributed by atoms with Crippen molar-refractivity contribution in [2.45, 2.75) is 75.7 Å². The molecule has 0 aromatic heterocycles. The summed E-state index contributed by atoms with van der Waals surface area (Å²) in [5.74, 6) is 0. The van der Waals surface area contributed by atoms with E-state index in [9.17, 15) is 0 Å². The molecule has 0 heterocycles. The summed E-state index contributed by atoms with van der Waals surface area (Å²) < 4.78 is 0. The number of hydrogen-bond acceptors (Lipinski definition) is 0. The van der Waals surface area contributed by atoms with Crippen molar-refractivity contribution >= 4 is 0 Å². The second kappa shape index (κ2) is 18.5. The molecule has 0 N–H and O–H groups in total. The van der Waals surface area contributed by atoms with Gasteiger partial charge in [-0.15, -0.1) is 6.58 Å². The van der Waals surface area contributed by atoms with Crippen LogP contribution in [0.5, 0.6) is 0 Å². The monoisotopic (exact) mass is 202 g/mol. The molecule has 0 aromatic carbocycles. The van der Waals surface area contributed by atoms with E-state index >= 15 is 0 Å². The van der Waals surface area contributed by atoms with E-state index in [2.05, 4.69) is 48.1 Å². The van der Waals surface area contributed by atoms with Crippen molar-refractivity contribution in [1.29, 1.82) is 0 Å². The van der Waals surface area contributed by atoms with Gasteiger partial charge in [-0.3, -0.25) is 0 Å². The molecule has 0 rings (SSSR count). The molecule has 0 aliphatic heterocycles. The summed E-state index contributed by atoms with van der Waals surface area (Å²) in [6.45, 7) is 24.5. The highest BCUT2D eigenvalue weighted by molar-refractivity contribution is 4.78. The van der Waals surface area contributed by atoms with Crippen molar-refractivity contribution in [3.05, 3.63) is 12.2 Å². The highest BCUT2D eigenvalue weighted by atomic mass is 14.0. The maximum atomic E-state index is 3.56. The van der Waals surface area contributed by atoms with Gasteiger partial charge in [0.05, 0.1) is 0 Å². The van der Waals surface area contributed by atoms with Gasteiger partial charge < -0.3 is 0 Å². The third kappa shape index (κ3) is 20000. The van der Waals surface area contributed by atoms with Gasteiger partial charge in [-0.05, 0) is 19.3 Å². The Kier molecular flexibility index (Phi) is 31.1. The van der Waals surface area contributed by atoms with Crippen LogP contribution in [-0.4, -0.2) is 0 Å². The molecule has 90 valence electrons. The van der Waals surface area contributed by atoms with Crippen LogP contribution in [0.2, 0.25) is 0 Å². The minimum absolute atomic E-state index is 0.500. The van der Waals surface area contributed by atoms with Crippen LogP contribution in [0.3, 0.4) is 0 Å². The summed E-state index contributed by atoms with van der Waals surface area (Å²) in [6.07, 6.45) is 1.25. The molecule has 0 nitrogen and oxygen atoms in total. The standard InChI is InChI=1S/C5H12.C4H8.C3H8.C2H6/c1-5(2,3)4;1-4(2)3;1-3-2;1-2/h1-4H3;1H2,2-3H3;3H2,1-2H3;1-2H3. The van der Waals surface area contributed by atoms with E-state index < -0.39 is 0 Å². The zero-order valence-electron chi connectivity index (χ0n) is 12.4. The number of hydrogen-bond donors (Lipinski definition) is 0. The van der Waals surface area contributed by atoms with Gasteiger partial charge >= 0.3 is 0 Å². The third-order valence-electron chi connectivity index (χ3n) is 0. The fourth-order valence-electron chi connectivity index (χ4n) is 0. The second-order valence-electron chi connectivity index (χ2n) is 4.91. The third-order valence-corrected chi connectivity index (χ3v) is 0. The van der Waals surface area contributed by atoms with Crippen molar-refractivity contribution in [2.75, 3.05) is 0 Å². The lowest BCUT2D eigenvalue weighted by molar-refractivity contribution is 0.469. The Hall–Kier alpha value is -0.260. The zero-order valence-corrected chi connectivity index (χ0v) is 12.4. The molecule has 0 saturated carbocycles. The summed E-state index contributed by atoms with van der Waals surface area (Å²) in [7, 11) is 0. The molecular weight excluding hydrogens is 168 g/mol. The van der Waals surface area contributed by atoms with E-state index in [-0.39, 0.29) is 0 Å². The summed E-state index contributed by atoms with van der Waals surface area (Å²) in [6, 6.07) is 0. The minimum Gasteiger partial charge on any atom is -0.100 e. The van der Waals surface area contributed by atoms with E-state index in [1.165, 1.54) is 12.0 Å². The SMILES string of the molecule is C=C(C)C.CC.CC(C)(C)C.CCC. The van der Waals surface area contributed by atoms with Crippen molar-refractivity contribution in [3.63, 3.8) is 0 Å². The van der Waals surface area contributed by atoms with Gasteiger partial charge in [-0.25, -0.2) is 0 Å². The van der Waals surface area contributed by atoms with Gasteiger partial charge in [-0.1, -0.05) is 67.4 Å². The Bertz CT molecular complexity index is 72.7. The molecule has 14 heavy (non-hydrogen) atoms. The van der Waals surface area contributed by atoms with Crippen LogP contribution in [0.1, 0.15) is 75.7 Å². The topological polar surface area (TPSA) is 0 Å². The van der Waals surface area contributed by atoms with Gasteiger partial charge in [-0.2, -0.15) is 0 Å². The van der Waals surface area contributed by atoms with Crippen LogP contribution in [0, 0.1) is 5.41 Å². The average molecular weight is 202 g/mol. The first-order valence-corrected chi connectivity index (χ1v) is 5.77. The van der Waals surface area contributed by atoms with Crippen LogP contribution in [0.4, 0.5) is 0 Å². The molecule has 0 atom stereocenters. The Morgan fingerprint density at radius 2 is 0.929 bits per heavy atom. The first kappa shape index (κ1) is 23.5. The average Bonchev–Trinajstić information content (AvgIpc) is 1.87. The smallest absolute Gasteiger partial charge is 0.0411 e. The fourth-order valence-corrected chi connectivity index (χ4v) is 0. The predicted octanol–water partition coefficient (Wildman–Crippen LogP) is 6.08. The van der Waals surface area contributed by atoms with Crippen molar-refractivity contribution in [3.8, 4) is 0 Å². The molecule has 0 saturated heterocycles. The molecule has 0 spiro atoms. The fraction of sp³-hybridized carbons (Fsp3) is 0.857. The minimum atomic E-state index is 0.500. The lowest BCUT2D eigenvalue weighted by Gasteiger charge is -2.05. The maximum Gasteiger partial charge on any atom is -0.0411 e. The van der Waals surface area contributed by atoms with E-state index in [1.807, 2.05) is 27.7 Å². The highest BCUT2D eigenvalue weighted by Crippen LogP contribution is 2.07. The summed E-state index contributed by atoms with van der Waals surface area (Å²) in [5, 5.41) is 0. The van der Waals surface area contributed by atoms with Crippen LogP contribution in [0.25, 0.3) is 0 Å². The van der Waals surface area contributed by atoms with E-state index in [4.69, 9.17) is 0 Å². The van der Waals surface area contributed by atoms with Crippen molar-refractivity contribution < 1.29 is 0 Å². The molecule has 0 fully saturated rings. The number of rotatable bonds is 0. The van der Waals surface area contributed by atoms with E-state index in [1.54, 1.807) is 0 Å². The van der Waals surface area contributed by atoms with Crippen molar-refractivity contribution in [2.24, 2.45) is 5.41 Å². The van der Waals surface area contributed by atoms with Crippen molar-refractivity contribution in [1.82, 2.24) is 0 Å². The van der Waals surface area contributed by atoms with E-state index in [0.29, 0.717) is 5.41 Å². The summed E-state index contributed by atoms with van der Waals surface area (Å²) in [5.41, 5.74) is 1.67. The van der Waals surface area contributed by atoms with Gasteiger partial charge in [0.1, 0.15) is 0 Å². The molecule has 0 radical (unpaired) electrons. The number of allylic oxidation sites excluding steroid dienone is 1. The first-order valence-electron chi connectivity index (χ1n) is 5.77. The quantitative estimate of drug-likeness (QED) is 0.418. The Morgan fingerprint density at radius 1 is 0.929 bits per heavy atom. The largest absolute Gasteiger partial charge is 0.100 e. The molecule has 0 aliphatic rings. The normalized spacial score (nSPS) is 7.86. The van der Waals surface area contributed by atoms with Gasteiger partial charge in [0.15, 0.2) is 0 Å². The Morgan fingerprint density at radius 3 is 0.929 bits per heavy atom. The van der Waals surface area contributed by atoms with Crippen LogP contribution in [-0.2, 0) is 0 Å². The summed E-state index contributed by atoms with van der Waals surface area (Å²) in [4.78, 5) is 0. The second-order valence-corrected chi connectivity index (χ2v) is 4.91. The first-order chi connectivity index (χ1) is 6.15. The molecule has 0 bridgehead atoms. The molecule has 0 amide bonds. The predicted molar refractivity (Wildman–Crippen MR) is 72.9 cm³/mol. The van der Waals surface area contributed by atoms with Crippen LogP contribution >= 0.6 is 0 Å². The molecule has 0 aromatic rings. The Labute approximate surface area is 93.8 Å². The summed E-state index contributed by atoms with van der Waals surface area (Å²) >= 11 is 0. The lowest BCUT2D eigenvalue weighted by atomic mass is 10.0. The zero-order chi connectivity index (χ0) is 12.8. The molecule has 0 unspecified atom stereocenters. The van der Waals surface area contributed by atoms with Gasteiger partial charge in [0.2, 0.25) is 0 Å². The van der Waals surface area contributed by atoms with Gasteiger partial charge in [0.25, 0.3) is 0 Å². The molecular formula is C14H34.